The van der Waals surface area contributed by atoms with E-state index in [4.69, 9.17) is 11.6 Å². The van der Waals surface area contributed by atoms with Gasteiger partial charge in [0.1, 0.15) is 23.0 Å². The van der Waals surface area contributed by atoms with Crippen LogP contribution in [-0.2, 0) is 16.6 Å². The fraction of sp³-hybridized carbons (Fsp3) is 0.258. The Bertz CT molecular complexity index is 1880. The number of amides is 2. The fourth-order valence-corrected chi connectivity index (χ4v) is 7.70. The van der Waals surface area contributed by atoms with Crippen LogP contribution in [0.25, 0.3) is 20.7 Å². The number of nitrogens with zero attached hydrogens (tertiary/aromatic N) is 3. The highest BCUT2D eigenvalue weighted by molar-refractivity contribution is 7.22. The van der Waals surface area contributed by atoms with Crippen LogP contribution in [0.15, 0.2) is 66.8 Å². The maximum Gasteiger partial charge on any atom is 0.573 e. The van der Waals surface area contributed by atoms with Gasteiger partial charge in [-0.1, -0.05) is 30.3 Å². The summed E-state index contributed by atoms with van der Waals surface area (Å²) in [7, 11) is 1.64. The maximum absolute atomic E-state index is 14.4. The van der Waals surface area contributed by atoms with Crippen molar-refractivity contribution in [3.8, 4) is 22.1 Å². The van der Waals surface area contributed by atoms with E-state index in [0.717, 1.165) is 43.6 Å². The SMILES string of the molecule is C=CC1=CCC2C(=O)N(c3cc(-c4sc5ccc(Cl)cc5c4C)nn3C)C(=O)C2(C)C1c1cc(OC(F)(F)F)ccc1O. The Morgan fingerprint density at radius 3 is 2.65 bits per heavy atom. The number of aromatic nitrogens is 2. The van der Waals surface area contributed by atoms with Gasteiger partial charge in [-0.05, 0) is 73.2 Å². The monoisotopic (exact) mass is 627 g/mol. The summed E-state index contributed by atoms with van der Waals surface area (Å²) in [6, 6.07) is 10.4. The third kappa shape index (κ3) is 4.53. The minimum absolute atomic E-state index is 0.0216. The molecule has 1 aliphatic carbocycles. The number of aromatic hydroxyl groups is 1. The molecule has 3 atom stereocenters. The molecule has 222 valence electrons. The Morgan fingerprint density at radius 2 is 1.95 bits per heavy atom. The van der Waals surface area contributed by atoms with Gasteiger partial charge in [-0.25, -0.2) is 4.90 Å². The van der Waals surface area contributed by atoms with Crippen LogP contribution in [0.3, 0.4) is 0 Å². The summed E-state index contributed by atoms with van der Waals surface area (Å²) in [5.74, 6) is -3.50. The number of phenolic OH excluding ortho intramolecular Hbond substituents is 1. The lowest BCUT2D eigenvalue weighted by Gasteiger charge is -2.40. The molecule has 0 radical (unpaired) electrons. The van der Waals surface area contributed by atoms with E-state index in [1.807, 2.05) is 25.1 Å². The molecule has 6 rings (SSSR count). The molecule has 2 amide bonds. The molecule has 1 saturated heterocycles. The normalized spacial score (nSPS) is 22.2. The number of hydrogen-bond acceptors (Lipinski definition) is 6. The van der Waals surface area contributed by atoms with Gasteiger partial charge >= 0.3 is 6.36 Å². The molecular weight excluding hydrogens is 603 g/mol. The number of carbonyl (C=O) groups excluding carboxylic acids is 2. The first-order valence-corrected chi connectivity index (χ1v) is 14.5. The zero-order valence-corrected chi connectivity index (χ0v) is 24.8. The van der Waals surface area contributed by atoms with Gasteiger partial charge in [0.2, 0.25) is 11.8 Å². The van der Waals surface area contributed by atoms with Crippen LogP contribution in [-0.4, -0.2) is 33.1 Å². The Labute approximate surface area is 253 Å². The molecule has 0 bridgehead atoms. The molecule has 0 spiro atoms. The summed E-state index contributed by atoms with van der Waals surface area (Å²) in [4.78, 5) is 30.3. The van der Waals surface area contributed by atoms with Crippen molar-refractivity contribution >= 4 is 50.7 Å². The summed E-state index contributed by atoms with van der Waals surface area (Å²) in [5.41, 5.74) is 0.602. The summed E-state index contributed by atoms with van der Waals surface area (Å²) in [6.45, 7) is 7.39. The molecule has 1 aliphatic heterocycles. The van der Waals surface area contributed by atoms with Crippen LogP contribution in [0.5, 0.6) is 11.5 Å². The quantitative estimate of drug-likeness (QED) is 0.230. The Morgan fingerprint density at radius 1 is 1.21 bits per heavy atom. The van der Waals surface area contributed by atoms with Crippen molar-refractivity contribution in [1.29, 1.82) is 0 Å². The van der Waals surface area contributed by atoms with E-state index >= 15 is 0 Å². The second kappa shape index (κ2) is 9.99. The number of alkyl halides is 3. The molecule has 3 heterocycles. The first-order chi connectivity index (χ1) is 20.2. The largest absolute Gasteiger partial charge is 0.573 e. The molecule has 2 aromatic carbocycles. The van der Waals surface area contributed by atoms with E-state index in [1.54, 1.807) is 26.1 Å². The number of phenols is 1. The highest BCUT2D eigenvalue weighted by Crippen LogP contribution is 2.58. The summed E-state index contributed by atoms with van der Waals surface area (Å²) in [6.07, 6.45) is -1.54. The number of rotatable bonds is 5. The van der Waals surface area contributed by atoms with Gasteiger partial charge in [-0.2, -0.15) is 5.10 Å². The van der Waals surface area contributed by atoms with Crippen molar-refractivity contribution in [3.63, 3.8) is 0 Å². The average Bonchev–Trinajstić information content (AvgIpc) is 3.53. The maximum atomic E-state index is 14.4. The molecule has 43 heavy (non-hydrogen) atoms. The minimum atomic E-state index is -4.96. The number of hydrogen-bond donors (Lipinski definition) is 1. The van der Waals surface area contributed by atoms with Gasteiger partial charge in [-0.3, -0.25) is 14.3 Å². The van der Waals surface area contributed by atoms with Crippen LogP contribution in [0.1, 0.15) is 30.4 Å². The van der Waals surface area contributed by atoms with Crippen LogP contribution < -0.4 is 9.64 Å². The van der Waals surface area contributed by atoms with Crippen molar-refractivity contribution < 1.29 is 32.6 Å². The summed E-state index contributed by atoms with van der Waals surface area (Å²) >= 11 is 7.73. The van der Waals surface area contributed by atoms with E-state index in [-0.39, 0.29) is 23.6 Å². The van der Waals surface area contributed by atoms with Crippen molar-refractivity contribution in [3.05, 3.63) is 82.9 Å². The van der Waals surface area contributed by atoms with E-state index in [1.165, 1.54) is 22.1 Å². The number of halogens is 4. The molecular formula is C31H25ClF3N3O4S. The number of benzene rings is 2. The third-order valence-electron chi connectivity index (χ3n) is 8.42. The van der Waals surface area contributed by atoms with Crippen LogP contribution in [0.4, 0.5) is 19.0 Å². The van der Waals surface area contributed by atoms with E-state index in [2.05, 4.69) is 16.4 Å². The van der Waals surface area contributed by atoms with Gasteiger partial charge in [0.15, 0.2) is 0 Å². The zero-order chi connectivity index (χ0) is 31.0. The van der Waals surface area contributed by atoms with Crippen LogP contribution in [0, 0.1) is 18.3 Å². The molecule has 1 fully saturated rings. The molecule has 1 N–H and O–H groups in total. The number of carbonyl (C=O) groups is 2. The van der Waals surface area contributed by atoms with Gasteiger partial charge in [0.05, 0.1) is 16.2 Å². The molecule has 7 nitrogen and oxygen atoms in total. The summed E-state index contributed by atoms with van der Waals surface area (Å²) < 4.78 is 45.7. The molecule has 3 unspecified atom stereocenters. The van der Waals surface area contributed by atoms with E-state index < -0.39 is 41.2 Å². The number of imide groups is 1. The highest BCUT2D eigenvalue weighted by Gasteiger charge is 2.63. The number of anilines is 1. The van der Waals surface area contributed by atoms with Gasteiger partial charge in [0.25, 0.3) is 0 Å². The molecule has 12 heteroatoms. The number of ether oxygens (including phenoxy) is 1. The van der Waals surface area contributed by atoms with E-state index in [0.29, 0.717) is 16.3 Å². The molecule has 4 aromatic rings. The van der Waals surface area contributed by atoms with E-state index in [9.17, 15) is 27.9 Å². The lowest BCUT2D eigenvalue weighted by molar-refractivity contribution is -0.274. The van der Waals surface area contributed by atoms with Crippen molar-refractivity contribution in [2.45, 2.75) is 32.5 Å². The number of aryl methyl sites for hydroxylation is 2. The predicted octanol–water partition coefficient (Wildman–Crippen LogP) is 7.66. The third-order valence-corrected chi connectivity index (χ3v) is 9.95. The van der Waals surface area contributed by atoms with Crippen molar-refractivity contribution in [2.24, 2.45) is 18.4 Å². The minimum Gasteiger partial charge on any atom is -0.508 e. The number of allylic oxidation sites excluding steroid dienone is 3. The van der Waals surface area contributed by atoms with Crippen LogP contribution >= 0.6 is 22.9 Å². The summed E-state index contributed by atoms with van der Waals surface area (Å²) in [5, 5.41) is 17.0. The second-order valence-corrected chi connectivity index (χ2v) is 12.4. The lowest BCUT2D eigenvalue weighted by atomic mass is 9.60. The highest BCUT2D eigenvalue weighted by atomic mass is 35.5. The standard InChI is InChI=1S/C31H25ClF3N3O4S/c1-5-16-6-9-21-28(40)38(25-14-22(36-37(25)4)27-15(2)19-12-17(32)7-11-24(19)43-27)29(41)30(21,3)26(16)20-13-18(8-10-23(20)39)42-31(33,34)35/h5-8,10-14,21,26,39H,1,9H2,2-4H3. The second-order valence-electron chi connectivity index (χ2n) is 10.9. The Kier molecular flexibility index (Phi) is 6.74. The smallest absolute Gasteiger partial charge is 0.508 e. The average molecular weight is 628 g/mol. The van der Waals surface area contributed by atoms with Crippen molar-refractivity contribution in [2.75, 3.05) is 4.90 Å². The molecule has 2 aliphatic rings. The first-order valence-electron chi connectivity index (χ1n) is 13.3. The topological polar surface area (TPSA) is 84.7 Å². The molecule has 2 aromatic heterocycles. The van der Waals surface area contributed by atoms with Crippen molar-refractivity contribution in [1.82, 2.24) is 9.78 Å². The lowest BCUT2D eigenvalue weighted by Crippen LogP contribution is -2.42. The molecule has 0 saturated carbocycles. The predicted molar refractivity (Wildman–Crippen MR) is 158 cm³/mol. The van der Waals surface area contributed by atoms with Gasteiger partial charge in [0, 0.05) is 34.3 Å². The van der Waals surface area contributed by atoms with Gasteiger partial charge < -0.3 is 9.84 Å². The zero-order valence-electron chi connectivity index (χ0n) is 23.2. The Hall–Kier alpha value is -4.09. The first kappa shape index (κ1) is 29.0. The fourth-order valence-electron chi connectivity index (χ4n) is 6.39. The van der Waals surface area contributed by atoms with Gasteiger partial charge in [-0.15, -0.1) is 24.5 Å². The number of fused-ring (bicyclic) bond motifs is 2. The Balaban J connectivity index is 1.44. The number of thiophene rings is 1. The van der Waals surface area contributed by atoms with Crippen LogP contribution in [0.2, 0.25) is 5.02 Å².